The van der Waals surface area contributed by atoms with Gasteiger partial charge in [-0.3, -0.25) is 14.5 Å². The second-order valence-corrected chi connectivity index (χ2v) is 16.7. The summed E-state index contributed by atoms with van der Waals surface area (Å²) in [6.07, 6.45) is 0.787. The zero-order valence-electron chi connectivity index (χ0n) is 26.2. The van der Waals surface area contributed by atoms with Gasteiger partial charge in [0.2, 0.25) is 14.3 Å². The second kappa shape index (κ2) is 12.9. The van der Waals surface area contributed by atoms with Crippen LogP contribution in [0, 0.1) is 5.92 Å². The van der Waals surface area contributed by atoms with E-state index >= 15 is 4.11 Å². The molecule has 2 amide bonds. The third-order valence-electron chi connectivity index (χ3n) is 9.45. The molecule has 45 heavy (non-hydrogen) atoms. The Bertz CT molecular complexity index is 1690. The van der Waals surface area contributed by atoms with Gasteiger partial charge >= 0.3 is 0 Å². The highest BCUT2D eigenvalue weighted by Crippen LogP contribution is 2.47. The standard InChI is InChI=1S/C37H41FN2O4Si/c1-25-32(44-33(36(25)45(2,3)38)23-34(42)39(20-21-41)24-27-10-5-4-6-11-27)19-18-26-12-7-15-29(22-26)40-31-17-9-14-28-13-8-16-30(35(28)31)37(40)43/h4-17,22,25,32-33,36,41H,18-21,23-24H2,1-3H3/t25-,32+,33-,36+/m0/s1. The van der Waals surface area contributed by atoms with Crippen molar-refractivity contribution in [3.63, 3.8) is 0 Å². The molecule has 4 aromatic carbocycles. The highest BCUT2D eigenvalue weighted by molar-refractivity contribution is 6.72. The Morgan fingerprint density at radius 1 is 0.956 bits per heavy atom. The Morgan fingerprint density at radius 3 is 2.40 bits per heavy atom. The van der Waals surface area contributed by atoms with E-state index in [0.717, 1.165) is 33.3 Å². The average Bonchev–Trinajstić information content (AvgIpc) is 3.50. The van der Waals surface area contributed by atoms with Crippen molar-refractivity contribution in [1.82, 2.24) is 4.90 Å². The van der Waals surface area contributed by atoms with Gasteiger partial charge in [0.25, 0.3) is 5.91 Å². The van der Waals surface area contributed by atoms with Gasteiger partial charge in [0.1, 0.15) is 0 Å². The highest BCUT2D eigenvalue weighted by atomic mass is 28.4. The van der Waals surface area contributed by atoms with E-state index in [0.29, 0.717) is 24.9 Å². The number of ether oxygens (including phenoxy) is 1. The smallest absolute Gasteiger partial charge is 0.263 e. The fraction of sp³-hybridized carbons (Fsp3) is 0.351. The van der Waals surface area contributed by atoms with E-state index in [1.54, 1.807) is 22.9 Å². The minimum Gasteiger partial charge on any atom is -0.395 e. The van der Waals surface area contributed by atoms with Gasteiger partial charge in [-0.25, -0.2) is 0 Å². The first-order valence-electron chi connectivity index (χ1n) is 15.9. The molecular weight excluding hydrogens is 584 g/mol. The van der Waals surface area contributed by atoms with E-state index in [9.17, 15) is 14.7 Å². The fourth-order valence-electron chi connectivity index (χ4n) is 7.43. The molecule has 4 aromatic rings. The van der Waals surface area contributed by atoms with Crippen LogP contribution in [0.15, 0.2) is 91.0 Å². The Balaban J connectivity index is 1.16. The number of amides is 2. The van der Waals surface area contributed by atoms with Crippen LogP contribution in [0.2, 0.25) is 18.6 Å². The lowest BCUT2D eigenvalue weighted by molar-refractivity contribution is -0.135. The van der Waals surface area contributed by atoms with Crippen molar-refractivity contribution in [3.8, 4) is 0 Å². The average molecular weight is 625 g/mol. The summed E-state index contributed by atoms with van der Waals surface area (Å²) in [5.41, 5.74) is 4.17. The van der Waals surface area contributed by atoms with Crippen molar-refractivity contribution in [2.45, 2.75) is 63.6 Å². The number of rotatable bonds is 11. The molecule has 6 nitrogen and oxygen atoms in total. The largest absolute Gasteiger partial charge is 0.395 e. The highest BCUT2D eigenvalue weighted by Gasteiger charge is 2.51. The fourth-order valence-corrected chi connectivity index (χ4v) is 9.97. The lowest BCUT2D eigenvalue weighted by Crippen LogP contribution is -2.40. The number of aryl methyl sites for hydroxylation is 1. The van der Waals surface area contributed by atoms with Crippen LogP contribution >= 0.6 is 0 Å². The van der Waals surface area contributed by atoms with Gasteiger partial charge in [-0.15, -0.1) is 0 Å². The molecule has 8 heteroatoms. The summed E-state index contributed by atoms with van der Waals surface area (Å²) in [4.78, 5) is 30.4. The van der Waals surface area contributed by atoms with Gasteiger partial charge < -0.3 is 18.9 Å². The summed E-state index contributed by atoms with van der Waals surface area (Å²) in [5.74, 6) is -0.196. The molecule has 1 fully saturated rings. The summed E-state index contributed by atoms with van der Waals surface area (Å²) in [5, 5.41) is 11.7. The maximum absolute atomic E-state index is 15.8. The maximum atomic E-state index is 15.8. The number of nitrogens with zero attached hydrogens (tertiary/aromatic N) is 2. The van der Waals surface area contributed by atoms with E-state index in [-0.39, 0.29) is 48.9 Å². The second-order valence-electron chi connectivity index (χ2n) is 12.9. The molecule has 234 valence electrons. The topological polar surface area (TPSA) is 70.1 Å². The monoisotopic (exact) mass is 624 g/mol. The zero-order chi connectivity index (χ0) is 31.7. The van der Waals surface area contributed by atoms with E-state index in [4.69, 9.17) is 4.74 Å². The van der Waals surface area contributed by atoms with E-state index in [1.807, 2.05) is 78.9 Å². The molecule has 0 saturated carbocycles. The van der Waals surface area contributed by atoms with Gasteiger partial charge in [0.15, 0.2) is 0 Å². The van der Waals surface area contributed by atoms with Crippen molar-refractivity contribution in [2.24, 2.45) is 5.92 Å². The van der Waals surface area contributed by atoms with E-state index < -0.39 is 14.5 Å². The Hall–Kier alpha value is -3.85. The SMILES string of the molecule is C[C@@H]1[C@@H]([Si](C)(C)F)[C@H](CC(=O)N(CCO)Cc2ccccc2)O[C@@H]1CCc1cccc(N2C(=O)c3cccc4cccc2c34)c1. The van der Waals surface area contributed by atoms with Crippen molar-refractivity contribution >= 4 is 42.4 Å². The van der Waals surface area contributed by atoms with Crippen molar-refractivity contribution in [2.75, 3.05) is 18.1 Å². The Morgan fingerprint density at radius 2 is 1.67 bits per heavy atom. The van der Waals surface area contributed by atoms with Crippen LogP contribution in [-0.2, 0) is 22.5 Å². The summed E-state index contributed by atoms with van der Waals surface area (Å²) in [7, 11) is -3.17. The summed E-state index contributed by atoms with van der Waals surface area (Å²) < 4.78 is 22.3. The van der Waals surface area contributed by atoms with Crippen molar-refractivity contribution < 1.29 is 23.5 Å². The maximum Gasteiger partial charge on any atom is 0.263 e. The van der Waals surface area contributed by atoms with Crippen LogP contribution in [0.5, 0.6) is 0 Å². The molecule has 4 atom stereocenters. The predicted molar refractivity (Wildman–Crippen MR) is 179 cm³/mol. The number of halogens is 1. The molecule has 2 aliphatic heterocycles. The molecule has 1 saturated heterocycles. The van der Waals surface area contributed by atoms with Gasteiger partial charge in [0.05, 0.1) is 36.5 Å². The summed E-state index contributed by atoms with van der Waals surface area (Å²) in [6, 6.07) is 29.6. The molecule has 0 radical (unpaired) electrons. The van der Waals surface area contributed by atoms with Gasteiger partial charge in [0, 0.05) is 29.7 Å². The third kappa shape index (κ3) is 6.32. The van der Waals surface area contributed by atoms with Crippen LogP contribution in [0.4, 0.5) is 15.5 Å². The normalized spacial score (nSPS) is 21.1. The number of aliphatic hydroxyl groups excluding tert-OH is 1. The number of aliphatic hydroxyl groups is 1. The van der Waals surface area contributed by atoms with Crippen molar-refractivity contribution in [1.29, 1.82) is 0 Å². The quantitative estimate of drug-likeness (QED) is 0.139. The molecule has 6 rings (SSSR count). The molecule has 2 heterocycles. The number of carbonyl (C=O) groups excluding carboxylic acids is 2. The third-order valence-corrected chi connectivity index (χ3v) is 11.9. The zero-order valence-corrected chi connectivity index (χ0v) is 27.2. The first-order valence-corrected chi connectivity index (χ1v) is 18.8. The molecule has 0 aromatic heterocycles. The number of carbonyl (C=O) groups is 2. The van der Waals surface area contributed by atoms with Crippen molar-refractivity contribution in [3.05, 3.63) is 108 Å². The molecule has 0 spiro atoms. The number of hydrogen-bond donors (Lipinski definition) is 1. The first-order chi connectivity index (χ1) is 21.7. The summed E-state index contributed by atoms with van der Waals surface area (Å²) in [6.45, 7) is 5.95. The number of anilines is 2. The molecule has 0 aliphatic carbocycles. The van der Waals surface area contributed by atoms with Gasteiger partial charge in [-0.1, -0.05) is 73.7 Å². The minimum absolute atomic E-state index is 0.0281. The number of benzene rings is 4. The van der Waals surface area contributed by atoms with Crippen LogP contribution in [0.3, 0.4) is 0 Å². The van der Waals surface area contributed by atoms with Crippen LogP contribution < -0.4 is 4.90 Å². The van der Waals surface area contributed by atoms with E-state index in [2.05, 4.69) is 19.1 Å². The molecule has 0 unspecified atom stereocenters. The number of hydrogen-bond acceptors (Lipinski definition) is 4. The molecule has 1 N–H and O–H groups in total. The van der Waals surface area contributed by atoms with Crippen LogP contribution in [0.1, 0.15) is 41.3 Å². The molecule has 0 bridgehead atoms. The first kappa shape index (κ1) is 31.1. The van der Waals surface area contributed by atoms with Gasteiger partial charge in [-0.05, 0) is 72.6 Å². The van der Waals surface area contributed by atoms with Crippen LogP contribution in [-0.4, -0.2) is 55.6 Å². The van der Waals surface area contributed by atoms with Gasteiger partial charge in [-0.2, -0.15) is 0 Å². The van der Waals surface area contributed by atoms with Crippen LogP contribution in [0.25, 0.3) is 10.8 Å². The molecule has 2 aliphatic rings. The lowest BCUT2D eigenvalue weighted by atomic mass is 9.95. The lowest BCUT2D eigenvalue weighted by Gasteiger charge is -2.30. The minimum atomic E-state index is -3.17. The molecular formula is C37H41FN2O4Si. The Kier molecular flexibility index (Phi) is 8.91. The Labute approximate surface area is 265 Å². The summed E-state index contributed by atoms with van der Waals surface area (Å²) >= 11 is 0. The van der Waals surface area contributed by atoms with E-state index in [1.165, 1.54) is 0 Å². The predicted octanol–water partition coefficient (Wildman–Crippen LogP) is 7.42.